The SMILES string of the molecule is COc1ccc(C(C)CC#N)c(Br)c1. The Balaban J connectivity index is 2.94. The fourth-order valence-corrected chi connectivity index (χ4v) is 2.03. The van der Waals surface area contributed by atoms with Crippen molar-refractivity contribution in [1.29, 1.82) is 5.26 Å². The van der Waals surface area contributed by atoms with Crippen LogP contribution in [0, 0.1) is 11.3 Å². The highest BCUT2D eigenvalue weighted by molar-refractivity contribution is 9.10. The van der Waals surface area contributed by atoms with Crippen LogP contribution in [0.4, 0.5) is 0 Å². The van der Waals surface area contributed by atoms with Crippen molar-refractivity contribution in [3.63, 3.8) is 0 Å². The van der Waals surface area contributed by atoms with Gasteiger partial charge < -0.3 is 4.74 Å². The van der Waals surface area contributed by atoms with Crippen LogP contribution in [-0.4, -0.2) is 7.11 Å². The molecule has 0 aliphatic carbocycles. The lowest BCUT2D eigenvalue weighted by molar-refractivity contribution is 0.414. The summed E-state index contributed by atoms with van der Waals surface area (Å²) in [6.45, 7) is 2.04. The van der Waals surface area contributed by atoms with E-state index in [0.29, 0.717) is 6.42 Å². The van der Waals surface area contributed by atoms with Crippen molar-refractivity contribution >= 4 is 15.9 Å². The Morgan fingerprint density at radius 2 is 2.29 bits per heavy atom. The monoisotopic (exact) mass is 253 g/mol. The van der Waals surface area contributed by atoms with E-state index in [9.17, 15) is 0 Å². The van der Waals surface area contributed by atoms with Crippen LogP contribution >= 0.6 is 15.9 Å². The largest absolute Gasteiger partial charge is 0.497 e. The molecule has 0 amide bonds. The van der Waals surface area contributed by atoms with Gasteiger partial charge in [-0.1, -0.05) is 28.9 Å². The van der Waals surface area contributed by atoms with Crippen LogP contribution < -0.4 is 4.74 Å². The molecule has 0 spiro atoms. The summed E-state index contributed by atoms with van der Waals surface area (Å²) in [4.78, 5) is 0. The van der Waals surface area contributed by atoms with Crippen molar-refractivity contribution < 1.29 is 4.74 Å². The van der Waals surface area contributed by atoms with Crippen LogP contribution in [-0.2, 0) is 0 Å². The second-order valence-corrected chi connectivity index (χ2v) is 4.01. The quantitative estimate of drug-likeness (QED) is 0.827. The van der Waals surface area contributed by atoms with Gasteiger partial charge in [0, 0.05) is 10.9 Å². The third-order valence-electron chi connectivity index (χ3n) is 2.14. The van der Waals surface area contributed by atoms with Gasteiger partial charge in [0.25, 0.3) is 0 Å². The molecule has 0 aromatic heterocycles. The van der Waals surface area contributed by atoms with Crippen LogP contribution in [0.3, 0.4) is 0 Å². The Labute approximate surface area is 92.6 Å². The maximum Gasteiger partial charge on any atom is 0.120 e. The first kappa shape index (κ1) is 11.1. The predicted molar refractivity (Wildman–Crippen MR) is 59.3 cm³/mol. The first-order valence-corrected chi connectivity index (χ1v) is 5.18. The van der Waals surface area contributed by atoms with Gasteiger partial charge in [-0.3, -0.25) is 0 Å². The summed E-state index contributed by atoms with van der Waals surface area (Å²) in [5.74, 6) is 1.07. The minimum absolute atomic E-state index is 0.250. The Bertz CT molecular complexity index is 357. The fourth-order valence-electron chi connectivity index (χ4n) is 1.28. The van der Waals surface area contributed by atoms with Crippen molar-refractivity contribution in [2.75, 3.05) is 7.11 Å². The second kappa shape index (κ2) is 5.02. The average molecular weight is 254 g/mol. The van der Waals surface area contributed by atoms with Gasteiger partial charge in [-0.2, -0.15) is 5.26 Å². The van der Waals surface area contributed by atoms with Crippen molar-refractivity contribution in [2.45, 2.75) is 19.3 Å². The molecule has 2 nitrogen and oxygen atoms in total. The highest BCUT2D eigenvalue weighted by atomic mass is 79.9. The molecule has 0 radical (unpaired) electrons. The van der Waals surface area contributed by atoms with Gasteiger partial charge in [-0.25, -0.2) is 0 Å². The summed E-state index contributed by atoms with van der Waals surface area (Å²) in [7, 11) is 1.64. The normalized spacial score (nSPS) is 11.9. The summed E-state index contributed by atoms with van der Waals surface area (Å²) in [5, 5.41) is 8.60. The predicted octanol–water partition coefficient (Wildman–Crippen LogP) is 3.47. The van der Waals surface area contributed by atoms with Gasteiger partial charge in [0.2, 0.25) is 0 Å². The van der Waals surface area contributed by atoms with E-state index in [-0.39, 0.29) is 5.92 Å². The first-order chi connectivity index (χ1) is 6.69. The van der Waals surface area contributed by atoms with Crippen molar-refractivity contribution in [3.8, 4) is 11.8 Å². The van der Waals surface area contributed by atoms with Crippen molar-refractivity contribution in [3.05, 3.63) is 28.2 Å². The first-order valence-electron chi connectivity index (χ1n) is 4.39. The number of nitriles is 1. The number of ether oxygens (including phenoxy) is 1. The van der Waals surface area contributed by atoms with Crippen LogP contribution in [0.15, 0.2) is 22.7 Å². The molecule has 0 saturated carbocycles. The molecule has 0 aliphatic rings. The molecule has 1 aromatic carbocycles. The number of rotatable bonds is 3. The lowest BCUT2D eigenvalue weighted by Crippen LogP contribution is -1.94. The smallest absolute Gasteiger partial charge is 0.120 e. The standard InChI is InChI=1S/C11H12BrNO/c1-8(5-6-13)10-4-3-9(14-2)7-11(10)12/h3-4,7-8H,5H2,1-2H3. The molecule has 1 atom stereocenters. The number of benzene rings is 1. The highest BCUT2D eigenvalue weighted by Crippen LogP contribution is 2.30. The summed E-state index contributed by atoms with van der Waals surface area (Å²) < 4.78 is 6.09. The molecule has 14 heavy (non-hydrogen) atoms. The maximum absolute atomic E-state index is 8.60. The third kappa shape index (κ3) is 2.49. The van der Waals surface area contributed by atoms with Gasteiger partial charge in [-0.05, 0) is 23.6 Å². The van der Waals surface area contributed by atoms with Gasteiger partial charge in [0.15, 0.2) is 0 Å². The van der Waals surface area contributed by atoms with E-state index in [2.05, 4.69) is 22.0 Å². The molecule has 3 heteroatoms. The molecule has 1 unspecified atom stereocenters. The minimum Gasteiger partial charge on any atom is -0.497 e. The van der Waals surface area contributed by atoms with E-state index in [1.165, 1.54) is 0 Å². The maximum atomic E-state index is 8.60. The Hall–Kier alpha value is -1.01. The molecule has 74 valence electrons. The number of hydrogen-bond acceptors (Lipinski definition) is 2. The topological polar surface area (TPSA) is 33.0 Å². The number of nitrogens with zero attached hydrogens (tertiary/aromatic N) is 1. The van der Waals surface area contributed by atoms with Crippen LogP contribution in [0.1, 0.15) is 24.8 Å². The van der Waals surface area contributed by atoms with E-state index in [0.717, 1.165) is 15.8 Å². The average Bonchev–Trinajstić information content (AvgIpc) is 2.17. The summed E-state index contributed by atoms with van der Waals surface area (Å²) in [6, 6.07) is 7.99. The van der Waals surface area contributed by atoms with E-state index < -0.39 is 0 Å². The highest BCUT2D eigenvalue weighted by Gasteiger charge is 2.09. The molecule has 1 aromatic rings. The number of hydrogen-bond donors (Lipinski definition) is 0. The molecule has 0 saturated heterocycles. The Kier molecular flexibility index (Phi) is 3.97. The molecular formula is C11H12BrNO. The lowest BCUT2D eigenvalue weighted by Gasteiger charge is -2.11. The molecular weight excluding hydrogens is 242 g/mol. The molecule has 0 heterocycles. The van der Waals surface area contributed by atoms with Crippen molar-refractivity contribution in [2.24, 2.45) is 0 Å². The van der Waals surface area contributed by atoms with Crippen LogP contribution in [0.25, 0.3) is 0 Å². The summed E-state index contributed by atoms with van der Waals surface area (Å²) in [5.41, 5.74) is 1.15. The lowest BCUT2D eigenvalue weighted by atomic mass is 9.98. The zero-order chi connectivity index (χ0) is 10.6. The van der Waals surface area contributed by atoms with E-state index in [4.69, 9.17) is 10.00 Å². The van der Waals surface area contributed by atoms with E-state index in [1.807, 2.05) is 25.1 Å². The van der Waals surface area contributed by atoms with Gasteiger partial charge in [0.05, 0.1) is 13.2 Å². The zero-order valence-electron chi connectivity index (χ0n) is 8.25. The summed E-state index contributed by atoms with van der Waals surface area (Å²) >= 11 is 3.47. The molecule has 0 aliphatic heterocycles. The Morgan fingerprint density at radius 1 is 1.57 bits per heavy atom. The minimum atomic E-state index is 0.250. The van der Waals surface area contributed by atoms with E-state index in [1.54, 1.807) is 7.11 Å². The fraction of sp³-hybridized carbons (Fsp3) is 0.364. The van der Waals surface area contributed by atoms with Gasteiger partial charge in [-0.15, -0.1) is 0 Å². The Morgan fingerprint density at radius 3 is 2.79 bits per heavy atom. The number of halogens is 1. The molecule has 0 fully saturated rings. The molecule has 1 rings (SSSR count). The second-order valence-electron chi connectivity index (χ2n) is 3.15. The molecule has 0 N–H and O–H groups in total. The van der Waals surface area contributed by atoms with Crippen LogP contribution in [0.5, 0.6) is 5.75 Å². The molecule has 0 bridgehead atoms. The van der Waals surface area contributed by atoms with E-state index >= 15 is 0 Å². The number of methoxy groups -OCH3 is 1. The zero-order valence-corrected chi connectivity index (χ0v) is 9.84. The van der Waals surface area contributed by atoms with Gasteiger partial charge >= 0.3 is 0 Å². The summed E-state index contributed by atoms with van der Waals surface area (Å²) in [6.07, 6.45) is 0.533. The third-order valence-corrected chi connectivity index (χ3v) is 2.82. The van der Waals surface area contributed by atoms with Crippen molar-refractivity contribution in [1.82, 2.24) is 0 Å². The van der Waals surface area contributed by atoms with Crippen LogP contribution in [0.2, 0.25) is 0 Å². The van der Waals surface area contributed by atoms with Gasteiger partial charge in [0.1, 0.15) is 5.75 Å².